The lowest BCUT2D eigenvalue weighted by Gasteiger charge is -2.00. The van der Waals surface area contributed by atoms with Gasteiger partial charge in [0.25, 0.3) is 0 Å². The Morgan fingerprint density at radius 1 is 1.17 bits per heavy atom. The summed E-state index contributed by atoms with van der Waals surface area (Å²) in [5.41, 5.74) is 2.10. The maximum absolute atomic E-state index is 13.3. The summed E-state index contributed by atoms with van der Waals surface area (Å²) in [6.07, 6.45) is 0.745. The van der Waals surface area contributed by atoms with Crippen molar-refractivity contribution in [3.05, 3.63) is 53.8 Å². The highest BCUT2D eigenvalue weighted by Gasteiger charge is 2.13. The van der Waals surface area contributed by atoms with E-state index in [1.54, 1.807) is 24.3 Å². The van der Waals surface area contributed by atoms with E-state index < -0.39 is 0 Å². The number of benzene rings is 2. The van der Waals surface area contributed by atoms with Gasteiger partial charge in [-0.05, 0) is 18.2 Å². The van der Waals surface area contributed by atoms with Crippen LogP contribution in [-0.4, -0.2) is 11.4 Å². The molecule has 0 radical (unpaired) electrons. The predicted molar refractivity (Wildman–Crippen MR) is 64.8 cm³/mol. The van der Waals surface area contributed by atoms with E-state index in [0.717, 1.165) is 6.29 Å². The van der Waals surface area contributed by atoms with Crippen LogP contribution in [0.15, 0.2) is 47.0 Å². The minimum absolute atomic E-state index is 0.365. The molecule has 1 aromatic heterocycles. The van der Waals surface area contributed by atoms with Gasteiger partial charge in [0, 0.05) is 11.1 Å². The van der Waals surface area contributed by atoms with Crippen molar-refractivity contribution in [1.29, 1.82) is 0 Å². The largest absolute Gasteiger partial charge is 0.356 e. The molecule has 3 aromatic rings. The molecule has 3 rings (SSSR count). The van der Waals surface area contributed by atoms with Gasteiger partial charge >= 0.3 is 0 Å². The predicted octanol–water partition coefficient (Wildman–Crippen LogP) is 3.45. The molecule has 0 aliphatic rings. The summed E-state index contributed by atoms with van der Waals surface area (Å²) in [5, 5.41) is 4.47. The van der Waals surface area contributed by atoms with Crippen LogP contribution < -0.4 is 0 Å². The molecule has 0 saturated heterocycles. The van der Waals surface area contributed by atoms with Crippen LogP contribution in [0.25, 0.3) is 22.2 Å². The molecule has 0 aliphatic heterocycles. The average molecular weight is 241 g/mol. The highest BCUT2D eigenvalue weighted by atomic mass is 19.1. The first-order valence-corrected chi connectivity index (χ1v) is 5.39. The second-order valence-corrected chi connectivity index (χ2v) is 3.88. The highest BCUT2D eigenvalue weighted by molar-refractivity contribution is 5.97. The first-order chi connectivity index (χ1) is 8.79. The van der Waals surface area contributed by atoms with Crippen molar-refractivity contribution >= 4 is 17.3 Å². The quantitative estimate of drug-likeness (QED) is 0.645. The standard InChI is InChI=1S/C14H8FNO2/c15-10-5-6-13-12(7-10)14(16-18-13)11-4-2-1-3-9(11)8-17/h1-8H. The monoisotopic (exact) mass is 241 g/mol. The van der Waals surface area contributed by atoms with Crippen molar-refractivity contribution in [2.75, 3.05) is 0 Å². The number of carbonyl (C=O) groups excluding carboxylic acids is 1. The molecule has 4 heteroatoms. The van der Waals surface area contributed by atoms with E-state index in [1.165, 1.54) is 18.2 Å². The summed E-state index contributed by atoms with van der Waals surface area (Å²) in [6.45, 7) is 0. The molecule has 0 unspecified atom stereocenters. The van der Waals surface area contributed by atoms with Gasteiger partial charge in [-0.1, -0.05) is 29.4 Å². The topological polar surface area (TPSA) is 43.1 Å². The summed E-state index contributed by atoms with van der Waals surface area (Å²) >= 11 is 0. The lowest BCUT2D eigenvalue weighted by Crippen LogP contribution is -1.87. The van der Waals surface area contributed by atoms with Crippen LogP contribution in [0.4, 0.5) is 4.39 Å². The van der Waals surface area contributed by atoms with Crippen LogP contribution >= 0.6 is 0 Å². The van der Waals surface area contributed by atoms with Crippen LogP contribution in [0.3, 0.4) is 0 Å². The molecule has 3 nitrogen and oxygen atoms in total. The number of fused-ring (bicyclic) bond motifs is 1. The van der Waals surface area contributed by atoms with Gasteiger partial charge in [-0.2, -0.15) is 0 Å². The molecule has 0 amide bonds. The zero-order chi connectivity index (χ0) is 12.5. The van der Waals surface area contributed by atoms with Gasteiger partial charge in [-0.25, -0.2) is 4.39 Å². The van der Waals surface area contributed by atoms with Gasteiger partial charge in [0.1, 0.15) is 11.5 Å². The molecule has 0 N–H and O–H groups in total. The van der Waals surface area contributed by atoms with Gasteiger partial charge in [-0.15, -0.1) is 0 Å². The Bertz CT molecular complexity index is 733. The van der Waals surface area contributed by atoms with Gasteiger partial charge in [-0.3, -0.25) is 4.79 Å². The Morgan fingerprint density at radius 3 is 2.83 bits per heavy atom. The van der Waals surface area contributed by atoms with Crippen LogP contribution in [0.1, 0.15) is 10.4 Å². The fourth-order valence-electron chi connectivity index (χ4n) is 1.92. The number of carbonyl (C=O) groups is 1. The summed E-state index contributed by atoms with van der Waals surface area (Å²) < 4.78 is 18.4. The van der Waals surface area contributed by atoms with Crippen molar-refractivity contribution < 1.29 is 13.7 Å². The smallest absolute Gasteiger partial charge is 0.167 e. The van der Waals surface area contributed by atoms with Crippen molar-refractivity contribution in [2.45, 2.75) is 0 Å². The number of aldehydes is 1. The number of aromatic nitrogens is 1. The van der Waals surface area contributed by atoms with Crippen molar-refractivity contribution in [3.63, 3.8) is 0 Å². The lowest BCUT2D eigenvalue weighted by atomic mass is 10.0. The third-order valence-electron chi connectivity index (χ3n) is 2.77. The maximum Gasteiger partial charge on any atom is 0.167 e. The lowest BCUT2D eigenvalue weighted by molar-refractivity contribution is 0.112. The minimum Gasteiger partial charge on any atom is -0.356 e. The fourth-order valence-corrected chi connectivity index (χ4v) is 1.92. The molecule has 0 atom stereocenters. The molecule has 0 saturated carbocycles. The molecule has 0 spiro atoms. The molecule has 0 bridgehead atoms. The molecular formula is C14H8FNO2. The number of rotatable bonds is 2. The Hall–Kier alpha value is -2.49. The zero-order valence-corrected chi connectivity index (χ0v) is 9.26. The van der Waals surface area contributed by atoms with Gasteiger partial charge in [0.2, 0.25) is 0 Å². The number of halogens is 1. The van der Waals surface area contributed by atoms with Crippen LogP contribution in [0.2, 0.25) is 0 Å². The van der Waals surface area contributed by atoms with Crippen molar-refractivity contribution in [3.8, 4) is 11.3 Å². The first kappa shape index (κ1) is 10.7. The molecule has 18 heavy (non-hydrogen) atoms. The van der Waals surface area contributed by atoms with Crippen LogP contribution in [0, 0.1) is 5.82 Å². The molecule has 1 heterocycles. The van der Waals surface area contributed by atoms with E-state index in [0.29, 0.717) is 27.8 Å². The van der Waals surface area contributed by atoms with Gasteiger partial charge in [0.15, 0.2) is 11.9 Å². The second-order valence-electron chi connectivity index (χ2n) is 3.88. The molecule has 0 aliphatic carbocycles. The Labute approximate surface area is 102 Å². The minimum atomic E-state index is -0.365. The summed E-state index contributed by atoms with van der Waals surface area (Å²) in [6, 6.07) is 11.2. The van der Waals surface area contributed by atoms with Crippen LogP contribution in [0.5, 0.6) is 0 Å². The number of hydrogen-bond donors (Lipinski definition) is 0. The fraction of sp³-hybridized carbons (Fsp3) is 0. The Balaban J connectivity index is 2.31. The summed E-state index contributed by atoms with van der Waals surface area (Å²) in [7, 11) is 0. The Morgan fingerprint density at radius 2 is 2.00 bits per heavy atom. The van der Waals surface area contributed by atoms with Crippen molar-refractivity contribution in [2.24, 2.45) is 0 Å². The molecule has 2 aromatic carbocycles. The Kier molecular flexibility index (Phi) is 2.41. The van der Waals surface area contributed by atoms with Gasteiger partial charge in [0.05, 0.1) is 5.39 Å². The first-order valence-electron chi connectivity index (χ1n) is 5.39. The average Bonchev–Trinajstić information content (AvgIpc) is 2.81. The SMILES string of the molecule is O=Cc1ccccc1-c1noc2ccc(F)cc12. The van der Waals surface area contributed by atoms with Crippen molar-refractivity contribution in [1.82, 2.24) is 5.16 Å². The second kappa shape index (κ2) is 4.07. The molecular weight excluding hydrogens is 233 g/mol. The van der Waals surface area contributed by atoms with E-state index in [2.05, 4.69) is 5.16 Å². The van der Waals surface area contributed by atoms with E-state index >= 15 is 0 Å². The number of hydrogen-bond acceptors (Lipinski definition) is 3. The third-order valence-corrected chi connectivity index (χ3v) is 2.77. The summed E-state index contributed by atoms with van der Waals surface area (Å²) in [5.74, 6) is -0.365. The zero-order valence-electron chi connectivity index (χ0n) is 9.26. The molecule has 0 fully saturated rings. The number of nitrogens with zero attached hydrogens (tertiary/aromatic N) is 1. The van der Waals surface area contributed by atoms with Crippen LogP contribution in [-0.2, 0) is 0 Å². The van der Waals surface area contributed by atoms with E-state index in [-0.39, 0.29) is 5.82 Å². The summed E-state index contributed by atoms with van der Waals surface area (Å²) in [4.78, 5) is 11.0. The van der Waals surface area contributed by atoms with Gasteiger partial charge < -0.3 is 4.52 Å². The van der Waals surface area contributed by atoms with E-state index in [1.807, 2.05) is 0 Å². The third kappa shape index (κ3) is 1.59. The van der Waals surface area contributed by atoms with E-state index in [9.17, 15) is 9.18 Å². The molecule has 88 valence electrons. The normalized spacial score (nSPS) is 10.7. The highest BCUT2D eigenvalue weighted by Crippen LogP contribution is 2.30. The van der Waals surface area contributed by atoms with E-state index in [4.69, 9.17) is 4.52 Å². The maximum atomic E-state index is 13.3.